The summed E-state index contributed by atoms with van der Waals surface area (Å²) < 4.78 is 0. The van der Waals surface area contributed by atoms with Crippen molar-refractivity contribution in [2.45, 2.75) is 77.5 Å². The number of carbonyl (C=O) groups excluding carboxylic acids is 4. The monoisotopic (exact) mass is 495 g/mol. The third-order valence-corrected chi connectivity index (χ3v) is 5.71. The van der Waals surface area contributed by atoms with Gasteiger partial charge in [-0.1, -0.05) is 34.1 Å². The lowest BCUT2D eigenvalue weighted by Gasteiger charge is -2.26. The van der Waals surface area contributed by atoms with Crippen LogP contribution in [-0.4, -0.2) is 68.8 Å². The third-order valence-electron chi connectivity index (χ3n) is 5.71. The summed E-state index contributed by atoms with van der Waals surface area (Å²) in [6.07, 6.45) is 3.19. The van der Waals surface area contributed by atoms with E-state index in [9.17, 15) is 29.1 Å². The smallest absolute Gasteiger partial charge is 0.326 e. The zero-order valence-electron chi connectivity index (χ0n) is 20.5. The molecule has 13 nitrogen and oxygen atoms in total. The highest BCUT2D eigenvalue weighted by atomic mass is 16.4. The molecule has 5 unspecified atom stereocenters. The van der Waals surface area contributed by atoms with Crippen LogP contribution < -0.4 is 27.4 Å². The van der Waals surface area contributed by atoms with E-state index in [4.69, 9.17) is 11.5 Å². The number of primary amides is 1. The van der Waals surface area contributed by atoms with E-state index < -0.39 is 59.7 Å². The minimum absolute atomic E-state index is 0.0265. The van der Waals surface area contributed by atoms with Gasteiger partial charge in [0.2, 0.25) is 23.6 Å². The predicted octanol–water partition coefficient (Wildman–Crippen LogP) is -1.21. The molecule has 1 heterocycles. The van der Waals surface area contributed by atoms with Gasteiger partial charge in [-0.15, -0.1) is 0 Å². The number of amides is 4. The molecule has 0 aliphatic heterocycles. The average Bonchev–Trinajstić information content (AvgIpc) is 3.30. The molecule has 0 aliphatic carbocycles. The molecule has 35 heavy (non-hydrogen) atoms. The molecule has 0 radical (unpaired) electrons. The van der Waals surface area contributed by atoms with Crippen molar-refractivity contribution in [2.75, 3.05) is 0 Å². The molecule has 0 saturated carbocycles. The molecule has 1 aromatic rings. The van der Waals surface area contributed by atoms with E-state index in [-0.39, 0.29) is 25.2 Å². The van der Waals surface area contributed by atoms with E-state index in [1.54, 1.807) is 13.8 Å². The van der Waals surface area contributed by atoms with Crippen molar-refractivity contribution in [3.05, 3.63) is 18.2 Å². The topological polar surface area (TPSA) is 222 Å². The van der Waals surface area contributed by atoms with Crippen molar-refractivity contribution >= 4 is 29.6 Å². The Bertz CT molecular complexity index is 874. The molecular formula is C22H37N7O6. The molecule has 5 atom stereocenters. The summed E-state index contributed by atoms with van der Waals surface area (Å²) in [6, 6.07) is -4.44. The summed E-state index contributed by atoms with van der Waals surface area (Å²) in [7, 11) is 0. The van der Waals surface area contributed by atoms with Gasteiger partial charge in [0.05, 0.1) is 12.4 Å². The Kier molecular flexibility index (Phi) is 11.9. The van der Waals surface area contributed by atoms with Gasteiger partial charge in [0.15, 0.2) is 0 Å². The second-order valence-electron chi connectivity index (χ2n) is 8.89. The van der Waals surface area contributed by atoms with E-state index in [1.165, 1.54) is 12.5 Å². The summed E-state index contributed by atoms with van der Waals surface area (Å²) in [6.45, 7) is 6.93. The first-order chi connectivity index (χ1) is 16.4. The highest BCUT2D eigenvalue weighted by Gasteiger charge is 2.32. The van der Waals surface area contributed by atoms with Crippen molar-refractivity contribution in [3.63, 3.8) is 0 Å². The fraction of sp³-hybridized carbons (Fsp3) is 0.636. The number of aliphatic carboxylic acids is 1. The molecule has 0 spiro atoms. The van der Waals surface area contributed by atoms with Crippen LogP contribution in [0.15, 0.2) is 12.5 Å². The highest BCUT2D eigenvalue weighted by Crippen LogP contribution is 2.09. The van der Waals surface area contributed by atoms with Crippen LogP contribution in [0.25, 0.3) is 0 Å². The molecular weight excluding hydrogens is 458 g/mol. The summed E-state index contributed by atoms with van der Waals surface area (Å²) in [5.74, 6) is -4.55. The number of hydrogen-bond donors (Lipinski definition) is 7. The zero-order valence-corrected chi connectivity index (χ0v) is 20.5. The van der Waals surface area contributed by atoms with Crippen molar-refractivity contribution in [2.24, 2.45) is 23.3 Å². The molecule has 1 aromatic heterocycles. The number of nitrogens with two attached hydrogens (primary N) is 2. The second-order valence-corrected chi connectivity index (χ2v) is 8.89. The second kappa shape index (κ2) is 14.0. The first kappa shape index (κ1) is 29.6. The van der Waals surface area contributed by atoms with E-state index >= 15 is 0 Å². The van der Waals surface area contributed by atoms with Crippen LogP contribution in [0.5, 0.6) is 0 Å². The van der Waals surface area contributed by atoms with Crippen molar-refractivity contribution in [1.82, 2.24) is 25.9 Å². The maximum atomic E-state index is 13.2. The van der Waals surface area contributed by atoms with Gasteiger partial charge in [-0.3, -0.25) is 19.2 Å². The van der Waals surface area contributed by atoms with Crippen LogP contribution >= 0.6 is 0 Å². The van der Waals surface area contributed by atoms with Gasteiger partial charge in [-0.05, 0) is 18.3 Å². The molecule has 0 aromatic carbocycles. The molecule has 13 heteroatoms. The minimum Gasteiger partial charge on any atom is -0.480 e. The van der Waals surface area contributed by atoms with Crippen molar-refractivity contribution in [3.8, 4) is 0 Å². The van der Waals surface area contributed by atoms with Gasteiger partial charge in [0.25, 0.3) is 0 Å². The molecule has 0 saturated heterocycles. The van der Waals surface area contributed by atoms with Crippen molar-refractivity contribution < 1.29 is 29.1 Å². The average molecular weight is 496 g/mol. The minimum atomic E-state index is -1.26. The zero-order chi connectivity index (χ0) is 26.7. The van der Waals surface area contributed by atoms with Gasteiger partial charge in [-0.2, -0.15) is 0 Å². The van der Waals surface area contributed by atoms with Gasteiger partial charge in [-0.25, -0.2) is 9.78 Å². The fourth-order valence-electron chi connectivity index (χ4n) is 3.20. The Morgan fingerprint density at radius 1 is 1.03 bits per heavy atom. The summed E-state index contributed by atoms with van der Waals surface area (Å²) in [5, 5.41) is 16.9. The third kappa shape index (κ3) is 9.73. The molecule has 0 bridgehead atoms. The lowest BCUT2D eigenvalue weighted by atomic mass is 9.98. The number of carbonyl (C=O) groups is 5. The molecule has 4 amide bonds. The number of carboxylic acids is 1. The number of carboxylic acid groups (broad SMARTS) is 1. The van der Waals surface area contributed by atoms with E-state index in [2.05, 4.69) is 25.9 Å². The standard InChI is InChI=1S/C22H37N7O6/c1-5-12(4)17(24)21(33)28-15(8-13-9-25-10-26-13)20(32)27-14(6-7-16(23)30)19(31)29-18(11(2)3)22(34)35/h9-12,14-15,17-18H,5-8,24H2,1-4H3,(H2,23,30)(H,25,26)(H,27,32)(H,28,33)(H,29,31)(H,34,35). The number of imidazole rings is 1. The number of aromatic nitrogens is 2. The van der Waals surface area contributed by atoms with Crippen LogP contribution in [0, 0.1) is 11.8 Å². The Morgan fingerprint density at radius 3 is 2.11 bits per heavy atom. The largest absolute Gasteiger partial charge is 0.480 e. The highest BCUT2D eigenvalue weighted by molar-refractivity contribution is 5.94. The maximum absolute atomic E-state index is 13.2. The Balaban J connectivity index is 3.10. The number of nitrogens with zero attached hydrogens (tertiary/aromatic N) is 1. The number of nitrogens with one attached hydrogen (secondary N) is 4. The molecule has 0 aliphatic rings. The molecule has 196 valence electrons. The van der Waals surface area contributed by atoms with E-state index in [0.29, 0.717) is 12.1 Å². The van der Waals surface area contributed by atoms with Crippen LogP contribution in [0.1, 0.15) is 52.7 Å². The number of rotatable bonds is 15. The summed E-state index contributed by atoms with van der Waals surface area (Å²) in [5.41, 5.74) is 11.7. The van der Waals surface area contributed by atoms with Crippen LogP contribution in [-0.2, 0) is 30.4 Å². The normalized spacial score (nSPS) is 15.4. The summed E-state index contributed by atoms with van der Waals surface area (Å²) in [4.78, 5) is 68.2. The van der Waals surface area contributed by atoms with Gasteiger partial charge in [0, 0.05) is 24.7 Å². The first-order valence-electron chi connectivity index (χ1n) is 11.5. The fourth-order valence-corrected chi connectivity index (χ4v) is 3.20. The quantitative estimate of drug-likeness (QED) is 0.156. The first-order valence-corrected chi connectivity index (χ1v) is 11.5. The lowest BCUT2D eigenvalue weighted by molar-refractivity contribution is -0.143. The molecule has 9 N–H and O–H groups in total. The Hall–Kier alpha value is -3.48. The van der Waals surface area contributed by atoms with Gasteiger partial charge < -0.3 is 37.5 Å². The van der Waals surface area contributed by atoms with Crippen LogP contribution in [0.2, 0.25) is 0 Å². The van der Waals surface area contributed by atoms with Crippen LogP contribution in [0.3, 0.4) is 0 Å². The molecule has 1 rings (SSSR count). The Morgan fingerprint density at radius 2 is 1.63 bits per heavy atom. The predicted molar refractivity (Wildman–Crippen MR) is 126 cm³/mol. The summed E-state index contributed by atoms with van der Waals surface area (Å²) >= 11 is 0. The number of aromatic amines is 1. The number of hydrogen-bond acceptors (Lipinski definition) is 7. The lowest BCUT2D eigenvalue weighted by Crippen LogP contribution is -2.58. The number of H-pyrrole nitrogens is 1. The Labute approximate surface area is 204 Å². The van der Waals surface area contributed by atoms with E-state index in [0.717, 1.165) is 0 Å². The maximum Gasteiger partial charge on any atom is 0.326 e. The van der Waals surface area contributed by atoms with Gasteiger partial charge in [0.1, 0.15) is 18.1 Å². The molecule has 0 fully saturated rings. The SMILES string of the molecule is CCC(C)C(N)C(=O)NC(Cc1cnc[nH]1)C(=O)NC(CCC(N)=O)C(=O)NC(C(=O)O)C(C)C. The van der Waals surface area contributed by atoms with Crippen molar-refractivity contribution in [1.29, 1.82) is 0 Å². The van der Waals surface area contributed by atoms with Crippen LogP contribution in [0.4, 0.5) is 0 Å². The van der Waals surface area contributed by atoms with E-state index in [1.807, 2.05) is 13.8 Å². The van der Waals surface area contributed by atoms with Gasteiger partial charge >= 0.3 is 5.97 Å².